The smallest absolute Gasteiger partial charge is 0.135 e. The van der Waals surface area contributed by atoms with Crippen LogP contribution in [-0.4, -0.2) is 9.13 Å². The number of nitrogens with zero attached hydrogens (tertiary/aromatic N) is 2. The fraction of sp³-hybridized carbons (Fsp3) is 0.158. The number of rotatable bonds is 2. The Bertz CT molecular complexity index is 2200. The van der Waals surface area contributed by atoms with Gasteiger partial charge in [0.25, 0.3) is 0 Å². The summed E-state index contributed by atoms with van der Waals surface area (Å²) >= 11 is 0. The summed E-state index contributed by atoms with van der Waals surface area (Å²) in [5.41, 5.74) is 11.2. The van der Waals surface area contributed by atoms with Crippen molar-refractivity contribution in [2.24, 2.45) is 0 Å². The summed E-state index contributed by atoms with van der Waals surface area (Å²) < 4.78 is 11.5. The van der Waals surface area contributed by atoms with Crippen LogP contribution in [-0.2, 0) is 0 Å². The van der Waals surface area contributed by atoms with Gasteiger partial charge in [-0.05, 0) is 72.9 Å². The van der Waals surface area contributed by atoms with Gasteiger partial charge in [-0.25, -0.2) is 0 Å². The van der Waals surface area contributed by atoms with Crippen molar-refractivity contribution in [3.05, 3.63) is 120 Å². The van der Waals surface area contributed by atoms with Gasteiger partial charge < -0.3 is 13.6 Å². The SMILES string of the molecule is CC1CC(n2c3c(c4ccccc42)C(C)CC=C3)=Cc2c1oc1ccc(-n3c4ccccc4c4ccccc43)cc21. The van der Waals surface area contributed by atoms with Crippen molar-refractivity contribution in [1.29, 1.82) is 0 Å². The number of allylic oxidation sites excluding steroid dienone is 2. The van der Waals surface area contributed by atoms with Gasteiger partial charge in [-0.1, -0.05) is 74.5 Å². The molecule has 0 saturated carbocycles. The summed E-state index contributed by atoms with van der Waals surface area (Å²) in [7, 11) is 0. The standard InChI is InChI=1S/C38H30N2O/c1-23-10-9-17-35-37(23)29-13-5-8-16-34(29)40(35)26-20-24(2)38-31(22-26)30-21-25(18-19-36(30)41-38)39-32-14-6-3-11-27(32)28-12-4-7-15-33(28)39/h3-9,11-19,21-24H,10,20H2,1-2H3. The second-order valence-corrected chi connectivity index (χ2v) is 11.9. The molecule has 41 heavy (non-hydrogen) atoms. The number of hydrogen-bond acceptors (Lipinski definition) is 1. The summed E-state index contributed by atoms with van der Waals surface area (Å²) in [5.74, 6) is 1.90. The predicted molar refractivity (Wildman–Crippen MR) is 172 cm³/mol. The normalized spacial score (nSPS) is 18.3. The van der Waals surface area contributed by atoms with E-state index in [9.17, 15) is 0 Å². The lowest BCUT2D eigenvalue weighted by Gasteiger charge is -2.23. The van der Waals surface area contributed by atoms with Crippen LogP contribution in [0.2, 0.25) is 0 Å². The quantitative estimate of drug-likeness (QED) is 0.218. The van der Waals surface area contributed by atoms with Crippen LogP contribution >= 0.6 is 0 Å². The van der Waals surface area contributed by atoms with Crippen molar-refractivity contribution in [2.45, 2.75) is 38.5 Å². The molecule has 0 radical (unpaired) electrons. The van der Waals surface area contributed by atoms with Gasteiger partial charge in [0.2, 0.25) is 0 Å². The molecule has 7 aromatic rings. The Balaban J connectivity index is 1.29. The lowest BCUT2D eigenvalue weighted by atomic mass is 9.90. The maximum absolute atomic E-state index is 6.56. The van der Waals surface area contributed by atoms with Crippen molar-refractivity contribution in [2.75, 3.05) is 0 Å². The molecule has 0 N–H and O–H groups in total. The highest BCUT2D eigenvalue weighted by atomic mass is 16.3. The molecule has 0 aliphatic heterocycles. The maximum Gasteiger partial charge on any atom is 0.135 e. The Morgan fingerprint density at radius 3 is 2.07 bits per heavy atom. The Morgan fingerprint density at radius 2 is 1.34 bits per heavy atom. The molecular weight excluding hydrogens is 500 g/mol. The molecule has 2 unspecified atom stereocenters. The van der Waals surface area contributed by atoms with Gasteiger partial charge in [0.1, 0.15) is 11.3 Å². The van der Waals surface area contributed by atoms with Crippen LogP contribution in [0.5, 0.6) is 0 Å². The number of fused-ring (bicyclic) bond motifs is 9. The van der Waals surface area contributed by atoms with Crippen LogP contribution in [0.25, 0.3) is 67.2 Å². The molecule has 0 bridgehead atoms. The van der Waals surface area contributed by atoms with Gasteiger partial charge in [-0.2, -0.15) is 0 Å². The van der Waals surface area contributed by atoms with E-state index in [1.54, 1.807) is 0 Å². The van der Waals surface area contributed by atoms with Crippen LogP contribution < -0.4 is 0 Å². The molecule has 3 heteroatoms. The van der Waals surface area contributed by atoms with Crippen LogP contribution in [0.3, 0.4) is 0 Å². The van der Waals surface area contributed by atoms with E-state index in [2.05, 4.69) is 132 Å². The van der Waals surface area contributed by atoms with Crippen LogP contribution in [0.4, 0.5) is 0 Å². The molecule has 9 rings (SSSR count). The largest absolute Gasteiger partial charge is 0.460 e. The van der Waals surface area contributed by atoms with Gasteiger partial charge in [-0.3, -0.25) is 0 Å². The number of furan rings is 1. The molecule has 0 fully saturated rings. The van der Waals surface area contributed by atoms with Crippen LogP contribution in [0.15, 0.2) is 101 Å². The van der Waals surface area contributed by atoms with Crippen molar-refractivity contribution in [1.82, 2.24) is 9.13 Å². The third-order valence-electron chi connectivity index (χ3n) is 9.35. The van der Waals surface area contributed by atoms with E-state index in [0.717, 1.165) is 29.9 Å². The summed E-state index contributed by atoms with van der Waals surface area (Å²) in [5, 5.41) is 5.11. The highest BCUT2D eigenvalue weighted by molar-refractivity contribution is 6.09. The van der Waals surface area contributed by atoms with E-state index in [1.807, 2.05) is 0 Å². The third kappa shape index (κ3) is 3.15. The fourth-order valence-corrected chi connectivity index (χ4v) is 7.54. The van der Waals surface area contributed by atoms with Crippen molar-refractivity contribution >= 4 is 61.5 Å². The molecule has 0 saturated heterocycles. The van der Waals surface area contributed by atoms with Gasteiger partial charge >= 0.3 is 0 Å². The zero-order chi connectivity index (χ0) is 27.2. The van der Waals surface area contributed by atoms with E-state index < -0.39 is 0 Å². The molecule has 3 aromatic heterocycles. The molecule has 4 aromatic carbocycles. The lowest BCUT2D eigenvalue weighted by molar-refractivity contribution is 0.503. The minimum atomic E-state index is 0.288. The Labute approximate surface area is 238 Å². The highest BCUT2D eigenvalue weighted by Crippen LogP contribution is 2.46. The first kappa shape index (κ1) is 23.0. The van der Waals surface area contributed by atoms with E-state index in [0.29, 0.717) is 5.92 Å². The van der Waals surface area contributed by atoms with Gasteiger partial charge in [-0.15, -0.1) is 0 Å². The first-order valence-corrected chi connectivity index (χ1v) is 14.7. The van der Waals surface area contributed by atoms with E-state index in [4.69, 9.17) is 4.42 Å². The molecule has 2 atom stereocenters. The van der Waals surface area contributed by atoms with Gasteiger partial charge in [0.15, 0.2) is 0 Å². The lowest BCUT2D eigenvalue weighted by Crippen LogP contribution is -2.09. The third-order valence-corrected chi connectivity index (χ3v) is 9.35. The molecule has 0 spiro atoms. The first-order chi connectivity index (χ1) is 20.2. The molecule has 3 heterocycles. The summed E-state index contributed by atoms with van der Waals surface area (Å²) in [6.45, 7) is 4.66. The summed E-state index contributed by atoms with van der Waals surface area (Å²) in [4.78, 5) is 0. The zero-order valence-electron chi connectivity index (χ0n) is 23.3. The molecule has 2 aliphatic rings. The second-order valence-electron chi connectivity index (χ2n) is 11.9. The minimum absolute atomic E-state index is 0.288. The molecular formula is C38H30N2O. The van der Waals surface area contributed by atoms with E-state index in [1.165, 1.54) is 60.6 Å². The van der Waals surface area contributed by atoms with E-state index >= 15 is 0 Å². The van der Waals surface area contributed by atoms with Crippen molar-refractivity contribution in [3.8, 4) is 5.69 Å². The Morgan fingerprint density at radius 1 is 0.683 bits per heavy atom. The number of aromatic nitrogens is 2. The zero-order valence-corrected chi connectivity index (χ0v) is 23.3. The summed E-state index contributed by atoms with van der Waals surface area (Å²) in [6.07, 6.45) is 9.12. The average molecular weight is 531 g/mol. The predicted octanol–water partition coefficient (Wildman–Crippen LogP) is 10.5. The maximum atomic E-state index is 6.56. The highest BCUT2D eigenvalue weighted by Gasteiger charge is 2.29. The van der Waals surface area contributed by atoms with Crippen LogP contribution in [0, 0.1) is 0 Å². The number of benzene rings is 4. The van der Waals surface area contributed by atoms with Crippen molar-refractivity contribution in [3.63, 3.8) is 0 Å². The second kappa shape index (κ2) is 8.37. The molecule has 3 nitrogen and oxygen atoms in total. The molecule has 0 amide bonds. The Hall–Kier alpha value is -4.76. The first-order valence-electron chi connectivity index (χ1n) is 14.7. The average Bonchev–Trinajstić information content (AvgIpc) is 3.65. The topological polar surface area (TPSA) is 23.0 Å². The van der Waals surface area contributed by atoms with Gasteiger partial charge in [0.05, 0.1) is 16.6 Å². The number of hydrogen-bond donors (Lipinski definition) is 0. The summed E-state index contributed by atoms with van der Waals surface area (Å²) in [6, 6.07) is 33.0. The van der Waals surface area contributed by atoms with Crippen LogP contribution in [0.1, 0.15) is 61.1 Å². The van der Waals surface area contributed by atoms with E-state index in [-0.39, 0.29) is 5.92 Å². The molecule has 198 valence electrons. The number of para-hydroxylation sites is 3. The van der Waals surface area contributed by atoms with Crippen molar-refractivity contribution < 1.29 is 4.42 Å². The Kier molecular flexibility index (Phi) is 4.70. The fourth-order valence-electron chi connectivity index (χ4n) is 7.54. The van der Waals surface area contributed by atoms with Gasteiger partial charge in [0, 0.05) is 50.1 Å². The minimum Gasteiger partial charge on any atom is -0.460 e. The molecule has 2 aliphatic carbocycles. The monoisotopic (exact) mass is 530 g/mol.